The molecule has 31 heavy (non-hydrogen) atoms. The van der Waals surface area contributed by atoms with E-state index in [9.17, 15) is 24.3 Å². The van der Waals surface area contributed by atoms with E-state index >= 15 is 0 Å². The lowest BCUT2D eigenvalue weighted by molar-refractivity contribution is -0.145. The molecule has 1 aromatic carbocycles. The SMILES string of the molecule is CNC(=O)[C@@H](CCC(=O)OCc1ccccc1)NC(=O)[C@H](CO)NC(=O)OC(C)(C)C. The molecular weight excluding hydrogens is 406 g/mol. The standard InChI is InChI=1S/C21H31N3O7/c1-21(2,3)31-20(29)24-16(12-25)19(28)23-15(18(27)22-4)10-11-17(26)30-13-14-8-6-5-7-9-14/h5-9,15-16,25H,10-13H2,1-4H3,(H,22,27)(H,23,28)(H,24,29)/t15-,16+/m1/s1. The molecule has 0 bridgehead atoms. The summed E-state index contributed by atoms with van der Waals surface area (Å²) in [7, 11) is 1.39. The normalized spacial score (nSPS) is 12.8. The molecule has 0 aliphatic heterocycles. The Morgan fingerprint density at radius 1 is 1.00 bits per heavy atom. The third-order valence-corrected chi connectivity index (χ3v) is 3.95. The maximum Gasteiger partial charge on any atom is 0.408 e. The zero-order valence-electron chi connectivity index (χ0n) is 18.3. The molecule has 0 radical (unpaired) electrons. The van der Waals surface area contributed by atoms with E-state index in [1.807, 2.05) is 30.3 Å². The number of hydrogen-bond donors (Lipinski definition) is 4. The highest BCUT2D eigenvalue weighted by molar-refractivity contribution is 5.91. The van der Waals surface area contributed by atoms with Gasteiger partial charge in [-0.25, -0.2) is 4.79 Å². The molecular formula is C21H31N3O7. The molecule has 0 heterocycles. The van der Waals surface area contributed by atoms with Gasteiger partial charge in [0.05, 0.1) is 6.61 Å². The molecule has 0 aliphatic carbocycles. The fraction of sp³-hybridized carbons (Fsp3) is 0.524. The molecule has 0 aromatic heterocycles. The second-order valence-corrected chi connectivity index (χ2v) is 7.74. The largest absolute Gasteiger partial charge is 0.461 e. The monoisotopic (exact) mass is 437 g/mol. The maximum atomic E-state index is 12.4. The lowest BCUT2D eigenvalue weighted by atomic mass is 10.1. The first-order valence-corrected chi connectivity index (χ1v) is 9.87. The van der Waals surface area contributed by atoms with Gasteiger partial charge in [0.15, 0.2) is 0 Å². The Hall–Kier alpha value is -3.14. The molecule has 0 unspecified atom stereocenters. The topological polar surface area (TPSA) is 143 Å². The molecule has 0 saturated carbocycles. The third-order valence-electron chi connectivity index (χ3n) is 3.95. The van der Waals surface area contributed by atoms with Crippen LogP contribution in [0.2, 0.25) is 0 Å². The highest BCUT2D eigenvalue weighted by Crippen LogP contribution is 2.08. The van der Waals surface area contributed by atoms with Crippen molar-refractivity contribution in [3.05, 3.63) is 35.9 Å². The molecule has 10 nitrogen and oxygen atoms in total. The highest BCUT2D eigenvalue weighted by atomic mass is 16.6. The molecule has 0 aliphatic rings. The number of nitrogens with one attached hydrogen (secondary N) is 3. The van der Waals surface area contributed by atoms with Crippen molar-refractivity contribution >= 4 is 23.9 Å². The lowest BCUT2D eigenvalue weighted by Crippen LogP contribution is -2.55. The average molecular weight is 437 g/mol. The number of ether oxygens (including phenoxy) is 2. The van der Waals surface area contributed by atoms with E-state index in [4.69, 9.17) is 9.47 Å². The fourth-order valence-electron chi connectivity index (χ4n) is 2.43. The number of alkyl carbamates (subject to hydrolysis) is 1. The Morgan fingerprint density at radius 2 is 1.65 bits per heavy atom. The molecule has 1 rings (SSSR count). The molecule has 3 amide bonds. The average Bonchev–Trinajstić information content (AvgIpc) is 2.72. The summed E-state index contributed by atoms with van der Waals surface area (Å²) >= 11 is 0. The number of aliphatic hydroxyl groups excluding tert-OH is 1. The first-order valence-electron chi connectivity index (χ1n) is 9.87. The summed E-state index contributed by atoms with van der Waals surface area (Å²) in [5.74, 6) is -1.85. The van der Waals surface area contributed by atoms with Gasteiger partial charge >= 0.3 is 12.1 Å². The van der Waals surface area contributed by atoms with Gasteiger partial charge in [-0.1, -0.05) is 30.3 Å². The number of benzene rings is 1. The molecule has 4 N–H and O–H groups in total. The van der Waals surface area contributed by atoms with Gasteiger partial charge in [0.25, 0.3) is 0 Å². The summed E-state index contributed by atoms with van der Waals surface area (Å²) in [5.41, 5.74) is 0.0386. The number of likely N-dealkylation sites (N-methyl/N-ethyl adjacent to an activating group) is 1. The Balaban J connectivity index is 2.61. The van der Waals surface area contributed by atoms with Crippen LogP contribution in [0.3, 0.4) is 0 Å². The van der Waals surface area contributed by atoms with Crippen molar-refractivity contribution in [3.8, 4) is 0 Å². The zero-order valence-corrected chi connectivity index (χ0v) is 18.3. The van der Waals surface area contributed by atoms with Crippen LogP contribution < -0.4 is 16.0 Å². The van der Waals surface area contributed by atoms with Crippen molar-refractivity contribution < 1.29 is 33.8 Å². The molecule has 0 spiro atoms. The summed E-state index contributed by atoms with van der Waals surface area (Å²) in [6, 6.07) is 6.73. The lowest BCUT2D eigenvalue weighted by Gasteiger charge is -2.24. The van der Waals surface area contributed by atoms with E-state index in [-0.39, 0.29) is 19.4 Å². The second kappa shape index (κ2) is 12.5. The molecule has 172 valence electrons. The Kier molecular flexibility index (Phi) is 10.5. The number of aliphatic hydroxyl groups is 1. The Labute approximate surface area is 181 Å². The van der Waals surface area contributed by atoms with Gasteiger partial charge in [0.2, 0.25) is 11.8 Å². The second-order valence-electron chi connectivity index (χ2n) is 7.74. The predicted molar refractivity (Wildman–Crippen MR) is 112 cm³/mol. The van der Waals surface area contributed by atoms with Crippen LogP contribution in [0.25, 0.3) is 0 Å². The summed E-state index contributed by atoms with van der Waals surface area (Å²) < 4.78 is 10.2. The van der Waals surface area contributed by atoms with Crippen molar-refractivity contribution in [2.45, 2.75) is 57.9 Å². The summed E-state index contributed by atoms with van der Waals surface area (Å²) in [6.07, 6.45) is -1.03. The van der Waals surface area contributed by atoms with E-state index in [2.05, 4.69) is 16.0 Å². The minimum absolute atomic E-state index is 0.0242. The van der Waals surface area contributed by atoms with Crippen LogP contribution in [0.5, 0.6) is 0 Å². The first-order chi connectivity index (χ1) is 14.6. The molecule has 0 fully saturated rings. The van der Waals surface area contributed by atoms with Gasteiger partial charge in [-0.05, 0) is 32.8 Å². The number of esters is 1. The van der Waals surface area contributed by atoms with E-state index < -0.39 is 48.2 Å². The quantitative estimate of drug-likeness (QED) is 0.393. The van der Waals surface area contributed by atoms with Crippen molar-refractivity contribution in [3.63, 3.8) is 0 Å². The predicted octanol–water partition coefficient (Wildman–Crippen LogP) is 0.626. The number of amides is 3. The van der Waals surface area contributed by atoms with Crippen molar-refractivity contribution in [2.75, 3.05) is 13.7 Å². The van der Waals surface area contributed by atoms with Crippen molar-refractivity contribution in [2.24, 2.45) is 0 Å². The van der Waals surface area contributed by atoms with Gasteiger partial charge in [-0.3, -0.25) is 14.4 Å². The van der Waals surface area contributed by atoms with Gasteiger partial charge in [-0.15, -0.1) is 0 Å². The highest BCUT2D eigenvalue weighted by Gasteiger charge is 2.28. The number of rotatable bonds is 10. The number of hydrogen-bond acceptors (Lipinski definition) is 7. The molecule has 0 saturated heterocycles. The van der Waals surface area contributed by atoms with Crippen LogP contribution in [-0.2, 0) is 30.5 Å². The first kappa shape index (κ1) is 25.9. The minimum Gasteiger partial charge on any atom is -0.461 e. The van der Waals surface area contributed by atoms with Crippen LogP contribution in [0, 0.1) is 0 Å². The number of carbonyl (C=O) groups is 4. The van der Waals surface area contributed by atoms with Crippen LogP contribution in [0.1, 0.15) is 39.2 Å². The van der Waals surface area contributed by atoms with Gasteiger partial charge in [0, 0.05) is 13.5 Å². The van der Waals surface area contributed by atoms with Crippen LogP contribution >= 0.6 is 0 Å². The van der Waals surface area contributed by atoms with E-state index in [1.165, 1.54) is 7.05 Å². The smallest absolute Gasteiger partial charge is 0.408 e. The number of carbonyl (C=O) groups excluding carboxylic acids is 4. The Morgan fingerprint density at radius 3 is 2.19 bits per heavy atom. The summed E-state index contributed by atoms with van der Waals surface area (Å²) in [5, 5.41) is 16.5. The minimum atomic E-state index is -1.33. The molecule has 1 aromatic rings. The zero-order chi connectivity index (χ0) is 23.4. The maximum absolute atomic E-state index is 12.4. The van der Waals surface area contributed by atoms with Crippen molar-refractivity contribution in [1.29, 1.82) is 0 Å². The van der Waals surface area contributed by atoms with Gasteiger partial charge in [-0.2, -0.15) is 0 Å². The van der Waals surface area contributed by atoms with E-state index in [1.54, 1.807) is 20.8 Å². The Bertz CT molecular complexity index is 747. The fourth-order valence-corrected chi connectivity index (χ4v) is 2.43. The van der Waals surface area contributed by atoms with Gasteiger partial charge < -0.3 is 30.5 Å². The van der Waals surface area contributed by atoms with Crippen LogP contribution in [0.4, 0.5) is 4.79 Å². The summed E-state index contributed by atoms with van der Waals surface area (Å²) in [6.45, 7) is 4.35. The third kappa shape index (κ3) is 10.4. The molecule has 10 heteroatoms. The van der Waals surface area contributed by atoms with E-state index in [0.717, 1.165) is 5.56 Å². The van der Waals surface area contributed by atoms with Gasteiger partial charge in [0.1, 0.15) is 24.3 Å². The van der Waals surface area contributed by atoms with E-state index in [0.29, 0.717) is 0 Å². The van der Waals surface area contributed by atoms with Crippen LogP contribution in [0.15, 0.2) is 30.3 Å². The summed E-state index contributed by atoms with van der Waals surface area (Å²) in [4.78, 5) is 48.4. The van der Waals surface area contributed by atoms with Crippen molar-refractivity contribution in [1.82, 2.24) is 16.0 Å². The van der Waals surface area contributed by atoms with Crippen LogP contribution in [-0.4, -0.2) is 60.3 Å². The molecule has 2 atom stereocenters.